The van der Waals surface area contributed by atoms with Gasteiger partial charge in [0.15, 0.2) is 0 Å². The number of urea groups is 1. The fourth-order valence-electron chi connectivity index (χ4n) is 1.39. The van der Waals surface area contributed by atoms with Gasteiger partial charge in [0, 0.05) is 11.8 Å². The minimum Gasteiger partial charge on any atom is -0.275 e. The third-order valence-corrected chi connectivity index (χ3v) is 2.84. The number of hydrogen-bond acceptors (Lipinski definition) is 2. The number of halogens is 1. The number of amides is 3. The Labute approximate surface area is 76.0 Å². The summed E-state index contributed by atoms with van der Waals surface area (Å²) in [6.45, 7) is 3.66. The molecule has 0 aliphatic carbocycles. The van der Waals surface area contributed by atoms with Crippen LogP contribution in [0, 0.1) is 0 Å². The average molecular weight is 191 g/mol. The standard InChI is InChI=1S/C7H11ClN2O2/c1-3-7(4-2)5(11)9-6(12)10(7)8/h3-4H2,1-2H3,(H,9,11,12). The molecule has 0 bridgehead atoms. The zero-order valence-electron chi connectivity index (χ0n) is 7.06. The summed E-state index contributed by atoms with van der Waals surface area (Å²) >= 11 is 5.68. The van der Waals surface area contributed by atoms with Gasteiger partial charge in [0.1, 0.15) is 5.54 Å². The Bertz CT molecular complexity index is 225. The van der Waals surface area contributed by atoms with Crippen LogP contribution in [0.15, 0.2) is 0 Å². The van der Waals surface area contributed by atoms with E-state index in [-0.39, 0.29) is 5.91 Å². The van der Waals surface area contributed by atoms with Crippen LogP contribution in [0.2, 0.25) is 0 Å². The van der Waals surface area contributed by atoms with Gasteiger partial charge < -0.3 is 0 Å². The second kappa shape index (κ2) is 2.94. The molecule has 0 unspecified atom stereocenters. The third kappa shape index (κ3) is 0.982. The maximum atomic E-state index is 11.3. The van der Waals surface area contributed by atoms with Gasteiger partial charge in [-0.2, -0.15) is 0 Å². The summed E-state index contributed by atoms with van der Waals surface area (Å²) in [5.41, 5.74) is -0.835. The van der Waals surface area contributed by atoms with Gasteiger partial charge in [-0.1, -0.05) is 13.8 Å². The first-order valence-electron chi connectivity index (χ1n) is 3.90. The van der Waals surface area contributed by atoms with Crippen LogP contribution >= 0.6 is 11.8 Å². The van der Waals surface area contributed by atoms with Crippen LogP contribution in [-0.2, 0) is 4.79 Å². The van der Waals surface area contributed by atoms with Gasteiger partial charge in [0.05, 0.1) is 0 Å². The normalized spacial score (nSPS) is 21.4. The highest BCUT2D eigenvalue weighted by Gasteiger charge is 2.50. The molecule has 4 nitrogen and oxygen atoms in total. The molecule has 0 aromatic carbocycles. The number of hydrogen-bond donors (Lipinski definition) is 1. The van der Waals surface area contributed by atoms with Crippen molar-refractivity contribution >= 4 is 23.7 Å². The van der Waals surface area contributed by atoms with Crippen molar-refractivity contribution in [2.24, 2.45) is 0 Å². The summed E-state index contributed by atoms with van der Waals surface area (Å²) in [6.07, 6.45) is 1.06. The maximum absolute atomic E-state index is 11.3. The molecule has 1 aliphatic heterocycles. The summed E-state index contributed by atoms with van der Waals surface area (Å²) in [5.74, 6) is -0.299. The predicted octanol–water partition coefficient (Wildman–Crippen LogP) is 1.25. The highest BCUT2D eigenvalue weighted by Crippen LogP contribution is 2.30. The minimum absolute atomic E-state index is 0.299. The lowest BCUT2D eigenvalue weighted by Crippen LogP contribution is -2.44. The number of nitrogens with one attached hydrogen (secondary N) is 1. The molecule has 1 aliphatic rings. The summed E-state index contributed by atoms with van der Waals surface area (Å²) in [6, 6.07) is -0.523. The zero-order valence-corrected chi connectivity index (χ0v) is 7.81. The summed E-state index contributed by atoms with van der Waals surface area (Å²) in [5, 5.41) is 2.18. The molecule has 5 heteroatoms. The topological polar surface area (TPSA) is 49.4 Å². The molecule has 1 heterocycles. The highest BCUT2D eigenvalue weighted by atomic mass is 35.5. The van der Waals surface area contributed by atoms with E-state index in [9.17, 15) is 9.59 Å². The largest absolute Gasteiger partial charge is 0.339 e. The maximum Gasteiger partial charge on any atom is 0.339 e. The van der Waals surface area contributed by atoms with Gasteiger partial charge in [-0.25, -0.2) is 9.21 Å². The Balaban J connectivity index is 3.01. The number of imide groups is 1. The molecular formula is C7H11ClN2O2. The van der Waals surface area contributed by atoms with E-state index < -0.39 is 11.6 Å². The summed E-state index contributed by atoms with van der Waals surface area (Å²) in [4.78, 5) is 22.3. The average Bonchev–Trinajstić information content (AvgIpc) is 2.26. The van der Waals surface area contributed by atoms with Crippen LogP contribution in [0.3, 0.4) is 0 Å². The molecule has 1 N–H and O–H groups in total. The van der Waals surface area contributed by atoms with Crippen molar-refractivity contribution < 1.29 is 9.59 Å². The lowest BCUT2D eigenvalue weighted by molar-refractivity contribution is -0.125. The number of nitrogens with zero attached hydrogens (tertiary/aromatic N) is 1. The summed E-state index contributed by atoms with van der Waals surface area (Å²) in [7, 11) is 0. The smallest absolute Gasteiger partial charge is 0.275 e. The first-order valence-corrected chi connectivity index (χ1v) is 4.23. The van der Waals surface area contributed by atoms with Crippen molar-refractivity contribution in [1.29, 1.82) is 0 Å². The molecule has 3 amide bonds. The van der Waals surface area contributed by atoms with Crippen LogP contribution in [0.4, 0.5) is 4.79 Å². The van der Waals surface area contributed by atoms with Gasteiger partial charge in [-0.15, -0.1) is 0 Å². The molecule has 0 aromatic heterocycles. The Hall–Kier alpha value is -0.770. The van der Waals surface area contributed by atoms with E-state index in [4.69, 9.17) is 11.8 Å². The second-order valence-electron chi connectivity index (χ2n) is 2.78. The third-order valence-electron chi connectivity index (χ3n) is 2.37. The molecule has 1 rings (SSSR count). The van der Waals surface area contributed by atoms with E-state index in [2.05, 4.69) is 5.32 Å². The number of rotatable bonds is 2. The van der Waals surface area contributed by atoms with E-state index in [0.29, 0.717) is 12.8 Å². The minimum atomic E-state index is -0.835. The van der Waals surface area contributed by atoms with Gasteiger partial charge in [-0.3, -0.25) is 10.1 Å². The highest BCUT2D eigenvalue weighted by molar-refractivity contribution is 6.28. The van der Waals surface area contributed by atoms with E-state index in [1.165, 1.54) is 0 Å². The Kier molecular flexibility index (Phi) is 2.28. The number of carbonyl (C=O) groups excluding carboxylic acids is 2. The van der Waals surface area contributed by atoms with Crippen molar-refractivity contribution in [3.63, 3.8) is 0 Å². The molecule has 0 radical (unpaired) electrons. The fraction of sp³-hybridized carbons (Fsp3) is 0.714. The van der Waals surface area contributed by atoms with Crippen molar-refractivity contribution in [2.45, 2.75) is 32.2 Å². The monoisotopic (exact) mass is 190 g/mol. The SMILES string of the molecule is CCC1(CC)C(=O)NC(=O)N1Cl. The molecule has 0 atom stereocenters. The predicted molar refractivity (Wildman–Crippen MR) is 44.5 cm³/mol. The first kappa shape index (κ1) is 9.32. The van der Waals surface area contributed by atoms with E-state index >= 15 is 0 Å². The second-order valence-corrected chi connectivity index (χ2v) is 3.12. The van der Waals surface area contributed by atoms with Gasteiger partial charge in [0.25, 0.3) is 5.91 Å². The van der Waals surface area contributed by atoms with E-state index in [1.54, 1.807) is 0 Å². The molecular weight excluding hydrogens is 180 g/mol. The van der Waals surface area contributed by atoms with Crippen LogP contribution in [0.5, 0.6) is 0 Å². The van der Waals surface area contributed by atoms with Crippen molar-refractivity contribution in [2.75, 3.05) is 0 Å². The molecule has 12 heavy (non-hydrogen) atoms. The fourth-order valence-corrected chi connectivity index (χ4v) is 1.75. The quantitative estimate of drug-likeness (QED) is 0.526. The Morgan fingerprint density at radius 1 is 1.42 bits per heavy atom. The van der Waals surface area contributed by atoms with Gasteiger partial charge >= 0.3 is 6.03 Å². The number of carbonyl (C=O) groups is 2. The Morgan fingerprint density at radius 3 is 2.08 bits per heavy atom. The van der Waals surface area contributed by atoms with Crippen molar-refractivity contribution in [3.05, 3.63) is 0 Å². The molecule has 1 fully saturated rings. The molecule has 0 aromatic rings. The van der Waals surface area contributed by atoms with E-state index in [1.807, 2.05) is 13.8 Å². The van der Waals surface area contributed by atoms with Crippen LogP contribution in [0.1, 0.15) is 26.7 Å². The Morgan fingerprint density at radius 2 is 1.92 bits per heavy atom. The van der Waals surface area contributed by atoms with Crippen molar-refractivity contribution in [1.82, 2.24) is 9.74 Å². The van der Waals surface area contributed by atoms with Gasteiger partial charge in [0.2, 0.25) is 0 Å². The van der Waals surface area contributed by atoms with Gasteiger partial charge in [-0.05, 0) is 12.8 Å². The lowest BCUT2D eigenvalue weighted by atomic mass is 9.93. The van der Waals surface area contributed by atoms with E-state index in [0.717, 1.165) is 4.42 Å². The first-order chi connectivity index (χ1) is 5.58. The van der Waals surface area contributed by atoms with Crippen LogP contribution < -0.4 is 5.32 Å². The lowest BCUT2D eigenvalue weighted by Gasteiger charge is -2.27. The molecule has 0 saturated carbocycles. The van der Waals surface area contributed by atoms with Crippen LogP contribution in [-0.4, -0.2) is 21.9 Å². The molecule has 0 spiro atoms. The van der Waals surface area contributed by atoms with Crippen molar-refractivity contribution in [3.8, 4) is 0 Å². The summed E-state index contributed by atoms with van der Waals surface area (Å²) < 4.78 is 0.968. The zero-order chi connectivity index (χ0) is 9.35. The van der Waals surface area contributed by atoms with Crippen LogP contribution in [0.25, 0.3) is 0 Å². The molecule has 1 saturated heterocycles. The molecule has 68 valence electrons.